The molecule has 3 aromatic rings. The lowest BCUT2D eigenvalue weighted by Gasteiger charge is -2.17. The van der Waals surface area contributed by atoms with E-state index in [0.717, 1.165) is 11.1 Å². The summed E-state index contributed by atoms with van der Waals surface area (Å²) in [4.78, 5) is 12.6. The molecule has 1 aromatic heterocycles. The Labute approximate surface area is 179 Å². The summed E-state index contributed by atoms with van der Waals surface area (Å²) in [6.45, 7) is 2.48. The summed E-state index contributed by atoms with van der Waals surface area (Å²) in [7, 11) is -3.23. The van der Waals surface area contributed by atoms with Gasteiger partial charge in [-0.2, -0.15) is 5.10 Å². The molecule has 0 spiro atoms. The minimum absolute atomic E-state index is 0.000792. The van der Waals surface area contributed by atoms with Crippen LogP contribution in [0.5, 0.6) is 0 Å². The van der Waals surface area contributed by atoms with Crippen molar-refractivity contribution < 1.29 is 13.2 Å². The number of aryl methyl sites for hydroxylation is 1. The fraction of sp³-hybridized carbons (Fsp3) is 0.250. The van der Waals surface area contributed by atoms with Crippen molar-refractivity contribution in [3.8, 4) is 11.4 Å². The Morgan fingerprint density at radius 1 is 1.17 bits per heavy atom. The van der Waals surface area contributed by atoms with Gasteiger partial charge < -0.3 is 5.32 Å². The third-order valence-corrected chi connectivity index (χ3v) is 7.09. The molecule has 0 aliphatic carbocycles. The fourth-order valence-corrected chi connectivity index (χ4v) is 5.13. The third kappa shape index (κ3) is 4.14. The van der Waals surface area contributed by atoms with Crippen LogP contribution in [0.2, 0.25) is 0 Å². The molecular formula is C20H21N5O3S2. The maximum Gasteiger partial charge on any atom is 0.244 e. The van der Waals surface area contributed by atoms with Gasteiger partial charge >= 0.3 is 0 Å². The van der Waals surface area contributed by atoms with Gasteiger partial charge in [0.25, 0.3) is 0 Å². The van der Waals surface area contributed by atoms with Crippen LogP contribution in [0.15, 0.2) is 48.5 Å². The zero-order valence-corrected chi connectivity index (χ0v) is 18.0. The van der Waals surface area contributed by atoms with Gasteiger partial charge in [-0.05, 0) is 49.8 Å². The zero-order valence-electron chi connectivity index (χ0n) is 16.3. The maximum absolute atomic E-state index is 12.6. The van der Waals surface area contributed by atoms with E-state index in [4.69, 9.17) is 12.2 Å². The minimum Gasteiger partial charge on any atom is -0.325 e. The summed E-state index contributed by atoms with van der Waals surface area (Å²) < 4.78 is 27.5. The molecule has 8 nitrogen and oxygen atoms in total. The highest BCUT2D eigenvalue weighted by atomic mass is 32.2. The molecule has 1 aliphatic heterocycles. The van der Waals surface area contributed by atoms with Gasteiger partial charge in [0, 0.05) is 17.8 Å². The monoisotopic (exact) mass is 443 g/mol. The predicted molar refractivity (Wildman–Crippen MR) is 118 cm³/mol. The topological polar surface area (TPSA) is 100 Å². The van der Waals surface area contributed by atoms with E-state index in [1.807, 2.05) is 31.2 Å². The summed E-state index contributed by atoms with van der Waals surface area (Å²) >= 11 is 5.28. The number of hydrogen-bond donors (Lipinski definition) is 2. The van der Waals surface area contributed by atoms with Crippen molar-refractivity contribution in [3.63, 3.8) is 0 Å². The maximum atomic E-state index is 12.6. The number of nitrogens with zero attached hydrogens (tertiary/aromatic N) is 3. The number of H-pyrrole nitrogens is 1. The van der Waals surface area contributed by atoms with Crippen LogP contribution >= 0.6 is 12.2 Å². The average molecular weight is 444 g/mol. The van der Waals surface area contributed by atoms with Crippen LogP contribution in [0.25, 0.3) is 11.4 Å². The smallest absolute Gasteiger partial charge is 0.244 e. The Morgan fingerprint density at radius 3 is 2.50 bits per heavy atom. The first-order valence-electron chi connectivity index (χ1n) is 9.46. The van der Waals surface area contributed by atoms with Crippen molar-refractivity contribution in [2.24, 2.45) is 0 Å². The van der Waals surface area contributed by atoms with Crippen LogP contribution in [0.4, 0.5) is 11.4 Å². The number of aromatic amines is 1. The van der Waals surface area contributed by atoms with E-state index in [2.05, 4.69) is 15.5 Å². The Kier molecular flexibility index (Phi) is 5.44. The molecule has 1 saturated heterocycles. The highest BCUT2D eigenvalue weighted by Crippen LogP contribution is 2.25. The van der Waals surface area contributed by atoms with E-state index < -0.39 is 10.0 Å². The van der Waals surface area contributed by atoms with E-state index in [9.17, 15) is 13.2 Å². The number of amides is 1. The molecule has 2 heterocycles. The van der Waals surface area contributed by atoms with E-state index in [-0.39, 0.29) is 18.2 Å². The van der Waals surface area contributed by atoms with Gasteiger partial charge in [-0.25, -0.2) is 8.42 Å². The molecule has 156 valence electrons. The fourth-order valence-electron chi connectivity index (χ4n) is 3.37. The predicted octanol–water partition coefficient (Wildman–Crippen LogP) is 3.09. The first-order valence-corrected chi connectivity index (χ1v) is 11.5. The van der Waals surface area contributed by atoms with E-state index >= 15 is 0 Å². The van der Waals surface area contributed by atoms with Crippen LogP contribution in [0, 0.1) is 11.7 Å². The summed E-state index contributed by atoms with van der Waals surface area (Å²) in [5, 5.41) is 9.81. The largest absolute Gasteiger partial charge is 0.325 e. The van der Waals surface area contributed by atoms with Crippen molar-refractivity contribution in [1.82, 2.24) is 14.8 Å². The van der Waals surface area contributed by atoms with Crippen molar-refractivity contribution in [1.29, 1.82) is 0 Å². The van der Waals surface area contributed by atoms with Gasteiger partial charge in [-0.1, -0.05) is 29.8 Å². The normalized spacial score (nSPS) is 15.3. The van der Waals surface area contributed by atoms with Gasteiger partial charge in [0.1, 0.15) is 6.54 Å². The second-order valence-corrected chi connectivity index (χ2v) is 9.54. The molecule has 0 saturated carbocycles. The van der Waals surface area contributed by atoms with E-state index in [1.165, 1.54) is 4.31 Å². The molecule has 4 rings (SSSR count). The van der Waals surface area contributed by atoms with Gasteiger partial charge in [-0.15, -0.1) is 0 Å². The van der Waals surface area contributed by atoms with E-state index in [1.54, 1.807) is 28.8 Å². The Hall–Kier alpha value is -2.98. The number of hydrogen-bond acceptors (Lipinski definition) is 5. The molecule has 0 radical (unpaired) electrons. The molecule has 1 fully saturated rings. The van der Waals surface area contributed by atoms with Crippen LogP contribution in [-0.2, 0) is 21.4 Å². The van der Waals surface area contributed by atoms with Crippen molar-refractivity contribution in [2.45, 2.75) is 19.9 Å². The second kappa shape index (κ2) is 8.04. The lowest BCUT2D eigenvalue weighted by molar-refractivity contribution is -0.116. The summed E-state index contributed by atoms with van der Waals surface area (Å²) in [5.41, 5.74) is 3.16. The van der Waals surface area contributed by atoms with Crippen molar-refractivity contribution in [3.05, 3.63) is 58.9 Å². The molecule has 2 N–H and O–H groups in total. The number of aromatic nitrogens is 3. The number of carbonyl (C=O) groups excluding carboxylic acids is 1. The number of anilines is 2. The number of carbonyl (C=O) groups is 1. The highest BCUT2D eigenvalue weighted by Gasteiger charge is 2.28. The molecule has 1 aliphatic rings. The quantitative estimate of drug-likeness (QED) is 0.590. The molecule has 0 bridgehead atoms. The van der Waals surface area contributed by atoms with E-state index in [0.29, 0.717) is 34.9 Å². The van der Waals surface area contributed by atoms with Crippen LogP contribution in [0.1, 0.15) is 12.0 Å². The molecule has 0 atom stereocenters. The molecule has 30 heavy (non-hydrogen) atoms. The molecule has 1 amide bonds. The Bertz CT molecular complexity index is 1230. The van der Waals surface area contributed by atoms with Gasteiger partial charge in [0.15, 0.2) is 10.6 Å². The summed E-state index contributed by atoms with van der Waals surface area (Å²) in [5.74, 6) is 0.493. The third-order valence-electron chi connectivity index (χ3n) is 4.91. The average Bonchev–Trinajstić information content (AvgIpc) is 3.25. The summed E-state index contributed by atoms with van der Waals surface area (Å²) in [6, 6.07) is 14.6. The lowest BCUT2D eigenvalue weighted by Crippen LogP contribution is -2.25. The van der Waals surface area contributed by atoms with Gasteiger partial charge in [0.05, 0.1) is 11.4 Å². The second-order valence-electron chi connectivity index (χ2n) is 7.14. The molecular weight excluding hydrogens is 422 g/mol. The number of sulfonamides is 1. The Morgan fingerprint density at radius 2 is 1.87 bits per heavy atom. The molecule has 10 heteroatoms. The zero-order chi connectivity index (χ0) is 21.3. The number of rotatable bonds is 5. The van der Waals surface area contributed by atoms with Crippen molar-refractivity contribution >= 4 is 39.5 Å². The number of benzene rings is 2. The molecule has 2 aromatic carbocycles. The molecule has 0 unspecified atom stereocenters. The number of nitrogens with one attached hydrogen (secondary N) is 2. The first kappa shape index (κ1) is 20.3. The summed E-state index contributed by atoms with van der Waals surface area (Å²) in [6.07, 6.45) is 0.621. The van der Waals surface area contributed by atoms with Crippen LogP contribution < -0.4 is 9.62 Å². The highest BCUT2D eigenvalue weighted by molar-refractivity contribution is 7.93. The standard InChI is InChI=1S/C20H21N5O3S2/c1-14-3-5-15(6-4-14)19-22-23-20(29)24(19)13-18(26)21-16-7-9-17(10-8-16)25-11-2-12-30(25,27)28/h3-10H,2,11-13H2,1H3,(H,21,26)(H,23,29). The van der Waals surface area contributed by atoms with Gasteiger partial charge in [0.2, 0.25) is 15.9 Å². The first-order chi connectivity index (χ1) is 14.3. The Balaban J connectivity index is 1.47. The SMILES string of the molecule is Cc1ccc(-c2n[nH]c(=S)n2CC(=O)Nc2ccc(N3CCCS3(=O)=O)cc2)cc1. The van der Waals surface area contributed by atoms with Crippen LogP contribution in [-0.4, -0.2) is 41.4 Å². The van der Waals surface area contributed by atoms with Crippen LogP contribution in [0.3, 0.4) is 0 Å². The van der Waals surface area contributed by atoms with Crippen molar-refractivity contribution in [2.75, 3.05) is 21.9 Å². The lowest BCUT2D eigenvalue weighted by atomic mass is 10.1. The minimum atomic E-state index is -3.23. The van der Waals surface area contributed by atoms with Gasteiger partial charge in [-0.3, -0.25) is 18.8 Å².